The third-order valence-electron chi connectivity index (χ3n) is 4.60. The van der Waals surface area contributed by atoms with Crippen molar-refractivity contribution in [3.05, 3.63) is 0 Å². The SMILES string of the molecule is ClC(Cl)CCCCCCCCCCCCCCCCC[Si]C[Si](Cl)(Cl)Cl. The van der Waals surface area contributed by atoms with Crippen molar-refractivity contribution in [2.45, 2.75) is 119 Å². The number of hydrogen-bond donors (Lipinski definition) is 0. The molecule has 0 aromatic heterocycles. The summed E-state index contributed by atoms with van der Waals surface area (Å²) >= 11 is 29.1. The zero-order chi connectivity index (χ0) is 19.5. The van der Waals surface area contributed by atoms with Gasteiger partial charge in [-0.15, -0.1) is 56.4 Å². The molecule has 0 aliphatic heterocycles. The van der Waals surface area contributed by atoms with Gasteiger partial charge in [0.1, 0.15) is 4.84 Å². The van der Waals surface area contributed by atoms with Crippen molar-refractivity contribution in [2.24, 2.45) is 0 Å². The van der Waals surface area contributed by atoms with Gasteiger partial charge in [0.05, 0.1) is 0 Å². The zero-order valence-corrected chi connectivity index (χ0v) is 22.0. The second-order valence-electron chi connectivity index (χ2n) is 7.28. The summed E-state index contributed by atoms with van der Waals surface area (Å²) in [5.41, 5.74) is 0.847. The van der Waals surface area contributed by atoms with Crippen molar-refractivity contribution >= 4 is 72.0 Å². The Morgan fingerprint density at radius 1 is 0.538 bits per heavy atom. The predicted octanol–water partition coefficient (Wildman–Crippen LogP) is 9.77. The van der Waals surface area contributed by atoms with Crippen LogP contribution in [0.25, 0.3) is 0 Å². The molecule has 0 unspecified atom stereocenters. The molecule has 0 aromatic carbocycles. The van der Waals surface area contributed by atoms with Crippen molar-refractivity contribution < 1.29 is 0 Å². The first-order valence-corrected chi connectivity index (χ1v) is 18.0. The lowest BCUT2D eigenvalue weighted by molar-refractivity contribution is 0.531. The standard InChI is InChI=1S/C19H37Cl5Si2/c20-19(21)16-14-12-10-8-6-4-2-1-3-5-7-9-11-13-15-17-25-18-26(22,23)24/h19H,1-18H2. The van der Waals surface area contributed by atoms with Crippen molar-refractivity contribution in [2.75, 3.05) is 0 Å². The predicted molar refractivity (Wildman–Crippen MR) is 128 cm³/mol. The van der Waals surface area contributed by atoms with E-state index in [1.807, 2.05) is 0 Å². The van der Waals surface area contributed by atoms with Crippen LogP contribution >= 0.6 is 56.4 Å². The summed E-state index contributed by atoms with van der Waals surface area (Å²) in [5.74, 6) is 0. The Bertz CT molecular complexity index is 286. The fourth-order valence-corrected chi connectivity index (χ4v) is 8.28. The maximum atomic E-state index is 5.89. The van der Waals surface area contributed by atoms with Gasteiger partial charge in [-0.2, -0.15) is 0 Å². The summed E-state index contributed by atoms with van der Waals surface area (Å²) in [6, 6.07) is -1.10. The lowest BCUT2D eigenvalue weighted by Crippen LogP contribution is -2.12. The molecule has 0 rings (SSSR count). The average Bonchev–Trinajstić information content (AvgIpc) is 2.55. The van der Waals surface area contributed by atoms with Gasteiger partial charge in [-0.3, -0.25) is 0 Å². The van der Waals surface area contributed by atoms with Gasteiger partial charge in [-0.05, 0) is 12.1 Å². The molecule has 0 nitrogen and oxygen atoms in total. The Morgan fingerprint density at radius 3 is 1.23 bits per heavy atom. The molecule has 0 fully saturated rings. The number of rotatable bonds is 20. The molecule has 2 radical (unpaired) electrons. The highest BCUT2D eigenvalue weighted by atomic mass is 35.8. The minimum atomic E-state index is -2.35. The van der Waals surface area contributed by atoms with E-state index in [4.69, 9.17) is 56.4 Å². The highest BCUT2D eigenvalue weighted by molar-refractivity contribution is 7.65. The molecular weight excluding hydrogens is 462 g/mol. The van der Waals surface area contributed by atoms with E-state index in [9.17, 15) is 0 Å². The third kappa shape index (κ3) is 25.9. The van der Waals surface area contributed by atoms with E-state index in [0.29, 0.717) is 0 Å². The second kappa shape index (κ2) is 20.2. The van der Waals surface area contributed by atoms with Crippen LogP contribution in [0.5, 0.6) is 0 Å². The van der Waals surface area contributed by atoms with Gasteiger partial charge in [0, 0.05) is 9.52 Å². The van der Waals surface area contributed by atoms with Crippen molar-refractivity contribution in [3.8, 4) is 0 Å². The molecule has 0 spiro atoms. The highest BCUT2D eigenvalue weighted by Gasteiger charge is 2.23. The molecule has 0 saturated heterocycles. The Morgan fingerprint density at radius 2 is 0.885 bits per heavy atom. The van der Waals surface area contributed by atoms with Crippen molar-refractivity contribution in [3.63, 3.8) is 0 Å². The maximum Gasteiger partial charge on any atom is 0.338 e. The highest BCUT2D eigenvalue weighted by Crippen LogP contribution is 2.24. The van der Waals surface area contributed by atoms with E-state index >= 15 is 0 Å². The minimum absolute atomic E-state index is 0.170. The maximum absolute atomic E-state index is 5.89. The Labute approximate surface area is 190 Å². The Kier molecular flexibility index (Phi) is 21.6. The lowest BCUT2D eigenvalue weighted by Gasteiger charge is -2.06. The van der Waals surface area contributed by atoms with E-state index in [1.54, 1.807) is 0 Å². The van der Waals surface area contributed by atoms with E-state index in [1.165, 1.54) is 102 Å². The molecule has 0 aliphatic carbocycles. The fraction of sp³-hybridized carbons (Fsp3) is 1.00. The summed E-state index contributed by atoms with van der Waals surface area (Å²) in [5, 5.41) is 0. The van der Waals surface area contributed by atoms with Gasteiger partial charge in [0.2, 0.25) is 0 Å². The van der Waals surface area contributed by atoms with Crippen LogP contribution < -0.4 is 0 Å². The van der Waals surface area contributed by atoms with Gasteiger partial charge in [-0.25, -0.2) is 0 Å². The van der Waals surface area contributed by atoms with Crippen LogP contribution in [-0.4, -0.2) is 20.4 Å². The van der Waals surface area contributed by atoms with Crippen LogP contribution in [0.1, 0.15) is 103 Å². The molecule has 7 heteroatoms. The van der Waals surface area contributed by atoms with Gasteiger partial charge >= 0.3 is 6.00 Å². The molecule has 26 heavy (non-hydrogen) atoms. The lowest BCUT2D eigenvalue weighted by atomic mass is 10.0. The van der Waals surface area contributed by atoms with Gasteiger partial charge in [-0.1, -0.05) is 102 Å². The normalized spacial score (nSPS) is 12.2. The summed E-state index contributed by atoms with van der Waals surface area (Å²) in [7, 11) is 0.849. The van der Waals surface area contributed by atoms with Gasteiger partial charge < -0.3 is 0 Å². The topological polar surface area (TPSA) is 0 Å². The van der Waals surface area contributed by atoms with Crippen LogP contribution in [0.4, 0.5) is 0 Å². The molecule has 0 N–H and O–H groups in total. The first kappa shape index (κ1) is 27.9. The van der Waals surface area contributed by atoms with Crippen LogP contribution in [0, 0.1) is 0 Å². The summed E-state index contributed by atoms with van der Waals surface area (Å²) in [6.07, 6.45) is 21.4. The number of alkyl halides is 2. The largest absolute Gasteiger partial charge is 0.338 e. The number of unbranched alkanes of at least 4 members (excludes halogenated alkanes) is 14. The van der Waals surface area contributed by atoms with E-state index in [-0.39, 0.29) is 4.84 Å². The Balaban J connectivity index is 3.03. The van der Waals surface area contributed by atoms with Gasteiger partial charge in [0.25, 0.3) is 0 Å². The number of halogens is 5. The van der Waals surface area contributed by atoms with Crippen LogP contribution in [0.2, 0.25) is 11.7 Å². The molecule has 156 valence electrons. The van der Waals surface area contributed by atoms with E-state index in [0.717, 1.165) is 21.6 Å². The van der Waals surface area contributed by atoms with Crippen LogP contribution in [0.3, 0.4) is 0 Å². The molecule has 0 aliphatic rings. The van der Waals surface area contributed by atoms with E-state index < -0.39 is 6.00 Å². The quantitative estimate of drug-likeness (QED) is 0.0678. The molecular formula is C19H37Cl5Si2. The molecule has 0 saturated carbocycles. The second-order valence-corrected chi connectivity index (χ2v) is 19.7. The number of hydrogen-bond acceptors (Lipinski definition) is 0. The zero-order valence-electron chi connectivity index (χ0n) is 16.2. The summed E-state index contributed by atoms with van der Waals surface area (Å²) in [4.78, 5) is -0.170. The monoisotopic (exact) mass is 496 g/mol. The molecule has 0 atom stereocenters. The average molecular weight is 499 g/mol. The van der Waals surface area contributed by atoms with Crippen LogP contribution in [0.15, 0.2) is 0 Å². The summed E-state index contributed by atoms with van der Waals surface area (Å²) in [6.45, 7) is 0. The fourth-order valence-electron chi connectivity index (χ4n) is 3.08. The first-order chi connectivity index (χ1) is 12.4. The summed E-state index contributed by atoms with van der Waals surface area (Å²) < 4.78 is 0. The molecule has 0 amide bonds. The van der Waals surface area contributed by atoms with Crippen molar-refractivity contribution in [1.82, 2.24) is 0 Å². The Hall–Kier alpha value is 1.88. The minimum Gasteiger partial charge on any atom is -0.126 e. The van der Waals surface area contributed by atoms with E-state index in [2.05, 4.69) is 0 Å². The van der Waals surface area contributed by atoms with Crippen LogP contribution in [-0.2, 0) is 0 Å². The molecule has 0 aromatic rings. The third-order valence-corrected chi connectivity index (χ3v) is 12.0. The smallest absolute Gasteiger partial charge is 0.126 e. The van der Waals surface area contributed by atoms with Crippen molar-refractivity contribution in [1.29, 1.82) is 0 Å². The molecule has 0 heterocycles. The molecule has 0 bridgehead atoms. The first-order valence-electron chi connectivity index (χ1n) is 10.5. The van der Waals surface area contributed by atoms with Gasteiger partial charge in [0.15, 0.2) is 0 Å².